The number of rotatable bonds is 4. The number of nitrogens with zero attached hydrogens (tertiary/aromatic N) is 4. The van der Waals surface area contributed by atoms with Crippen molar-refractivity contribution >= 4 is 27.4 Å². The largest absolute Gasteiger partial charge is 0.366 e. The van der Waals surface area contributed by atoms with Gasteiger partial charge in [0.25, 0.3) is 0 Å². The number of H-pyrrole nitrogens is 1. The van der Waals surface area contributed by atoms with E-state index in [1.165, 1.54) is 0 Å². The van der Waals surface area contributed by atoms with E-state index in [0.29, 0.717) is 6.04 Å². The van der Waals surface area contributed by atoms with Gasteiger partial charge in [0.2, 0.25) is 0 Å². The van der Waals surface area contributed by atoms with Crippen molar-refractivity contribution in [3.8, 4) is 22.4 Å². The molecule has 1 aliphatic heterocycles. The van der Waals surface area contributed by atoms with Crippen molar-refractivity contribution in [1.29, 1.82) is 0 Å². The van der Waals surface area contributed by atoms with Crippen LogP contribution < -0.4 is 10.6 Å². The van der Waals surface area contributed by atoms with Gasteiger partial charge in [0.1, 0.15) is 5.82 Å². The molecule has 3 aromatic heterocycles. The molecule has 4 aromatic rings. The van der Waals surface area contributed by atoms with E-state index in [1.807, 2.05) is 30.0 Å². The molecule has 3 N–H and O–H groups in total. The van der Waals surface area contributed by atoms with Gasteiger partial charge in [-0.15, -0.1) is 21.5 Å². The first kappa shape index (κ1) is 16.3. The molecule has 4 heterocycles. The van der Waals surface area contributed by atoms with E-state index in [1.54, 1.807) is 11.3 Å². The Morgan fingerprint density at radius 2 is 1.93 bits per heavy atom. The number of aromatic nitrogens is 5. The van der Waals surface area contributed by atoms with Crippen LogP contribution in [0.1, 0.15) is 12.8 Å². The molecule has 0 bridgehead atoms. The number of fused-ring (bicyclic) bond motifs is 1. The second-order valence-electron chi connectivity index (χ2n) is 6.65. The maximum atomic E-state index is 4.57. The number of anilines is 1. The van der Waals surface area contributed by atoms with Crippen LogP contribution in [0.15, 0.2) is 42.2 Å². The molecule has 1 aliphatic rings. The molecule has 1 fully saturated rings. The minimum atomic E-state index is 0.467. The summed E-state index contributed by atoms with van der Waals surface area (Å²) in [5, 5.41) is 22.6. The van der Waals surface area contributed by atoms with Crippen molar-refractivity contribution in [2.45, 2.75) is 18.9 Å². The summed E-state index contributed by atoms with van der Waals surface area (Å²) in [6, 6.07) is 8.68. The number of aromatic amines is 1. The van der Waals surface area contributed by atoms with Crippen LogP contribution in [0.4, 0.5) is 5.82 Å². The highest BCUT2D eigenvalue weighted by atomic mass is 32.1. The monoisotopic (exact) mass is 377 g/mol. The van der Waals surface area contributed by atoms with Gasteiger partial charge in [0.15, 0.2) is 0 Å². The summed E-state index contributed by atoms with van der Waals surface area (Å²) < 4.78 is 1.11. The molecular weight excluding hydrogens is 358 g/mol. The van der Waals surface area contributed by atoms with Crippen molar-refractivity contribution in [3.05, 3.63) is 42.2 Å². The van der Waals surface area contributed by atoms with Gasteiger partial charge in [-0.2, -0.15) is 5.10 Å². The third-order valence-corrected chi connectivity index (χ3v) is 5.78. The van der Waals surface area contributed by atoms with Crippen LogP contribution in [0.25, 0.3) is 32.6 Å². The highest BCUT2D eigenvalue weighted by Crippen LogP contribution is 2.36. The highest BCUT2D eigenvalue weighted by molar-refractivity contribution is 7.17. The van der Waals surface area contributed by atoms with Gasteiger partial charge in [-0.3, -0.25) is 5.10 Å². The summed E-state index contributed by atoms with van der Waals surface area (Å²) in [6.07, 6.45) is 5.92. The van der Waals surface area contributed by atoms with Crippen molar-refractivity contribution in [2.75, 3.05) is 18.4 Å². The lowest BCUT2D eigenvalue weighted by Crippen LogP contribution is -2.35. The molecule has 0 spiro atoms. The highest BCUT2D eigenvalue weighted by Gasteiger charge is 2.15. The first-order valence-electron chi connectivity index (χ1n) is 9.05. The van der Waals surface area contributed by atoms with Crippen molar-refractivity contribution in [3.63, 3.8) is 0 Å². The SMILES string of the molecule is c1nc2c(-c3cn[nH]c3)ccc(-c3ccc(NC4CCNCC4)nn3)c2s1. The fraction of sp³-hybridized carbons (Fsp3) is 0.263. The van der Waals surface area contributed by atoms with Gasteiger partial charge in [-0.1, -0.05) is 12.1 Å². The van der Waals surface area contributed by atoms with Crippen LogP contribution in [0, 0.1) is 0 Å². The van der Waals surface area contributed by atoms with Gasteiger partial charge in [0.05, 0.1) is 27.6 Å². The van der Waals surface area contributed by atoms with E-state index >= 15 is 0 Å². The Bertz CT molecular complexity index is 1030. The summed E-state index contributed by atoms with van der Waals surface area (Å²) in [5.41, 5.74) is 6.86. The van der Waals surface area contributed by atoms with E-state index < -0.39 is 0 Å². The van der Waals surface area contributed by atoms with Crippen molar-refractivity contribution < 1.29 is 0 Å². The molecule has 7 nitrogen and oxygen atoms in total. The van der Waals surface area contributed by atoms with E-state index in [9.17, 15) is 0 Å². The second-order valence-corrected chi connectivity index (χ2v) is 7.50. The van der Waals surface area contributed by atoms with Gasteiger partial charge in [-0.05, 0) is 38.1 Å². The van der Waals surface area contributed by atoms with Gasteiger partial charge in [-0.25, -0.2) is 4.98 Å². The molecule has 136 valence electrons. The fourth-order valence-corrected chi connectivity index (χ4v) is 4.35. The minimum absolute atomic E-state index is 0.467. The van der Waals surface area contributed by atoms with Crippen LogP contribution in [-0.4, -0.2) is 44.5 Å². The molecule has 0 aliphatic carbocycles. The average Bonchev–Trinajstić information content (AvgIpc) is 3.41. The Hall–Kier alpha value is -2.84. The molecule has 0 radical (unpaired) electrons. The summed E-state index contributed by atoms with van der Waals surface area (Å²) in [6.45, 7) is 2.10. The maximum Gasteiger partial charge on any atom is 0.148 e. The zero-order chi connectivity index (χ0) is 18.1. The molecular formula is C19H19N7S. The molecule has 0 saturated carbocycles. The molecule has 27 heavy (non-hydrogen) atoms. The summed E-state index contributed by atoms with van der Waals surface area (Å²) in [5.74, 6) is 0.834. The zero-order valence-corrected chi connectivity index (χ0v) is 15.5. The van der Waals surface area contributed by atoms with Crippen LogP contribution in [0.5, 0.6) is 0 Å². The Balaban J connectivity index is 1.45. The number of hydrogen-bond donors (Lipinski definition) is 3. The lowest BCUT2D eigenvalue weighted by molar-refractivity contribution is 0.478. The molecule has 1 saturated heterocycles. The molecule has 0 unspecified atom stereocenters. The van der Waals surface area contributed by atoms with E-state index in [4.69, 9.17) is 0 Å². The van der Waals surface area contributed by atoms with Crippen LogP contribution in [0.2, 0.25) is 0 Å². The topological polar surface area (TPSA) is 91.4 Å². The Labute approximate surface area is 160 Å². The standard InChI is InChI=1S/C19H19N7S/c1-2-15(19-18(21-11-27-19)14(1)12-9-22-23-10-12)16-3-4-17(26-25-16)24-13-5-7-20-8-6-13/h1-4,9-11,13,20H,5-8H2,(H,22,23)(H,24,26). The first-order valence-corrected chi connectivity index (χ1v) is 9.93. The molecule has 8 heteroatoms. The number of hydrogen-bond acceptors (Lipinski definition) is 7. The Morgan fingerprint density at radius 3 is 2.70 bits per heavy atom. The van der Waals surface area contributed by atoms with Crippen LogP contribution in [-0.2, 0) is 0 Å². The average molecular weight is 377 g/mol. The van der Waals surface area contributed by atoms with Crippen molar-refractivity contribution in [1.82, 2.24) is 30.7 Å². The summed E-state index contributed by atoms with van der Waals surface area (Å²) in [4.78, 5) is 4.57. The summed E-state index contributed by atoms with van der Waals surface area (Å²) >= 11 is 1.62. The number of thiazole rings is 1. The molecule has 1 aromatic carbocycles. The number of benzene rings is 1. The Kier molecular flexibility index (Phi) is 4.27. The minimum Gasteiger partial charge on any atom is -0.366 e. The smallest absolute Gasteiger partial charge is 0.148 e. The quantitative estimate of drug-likeness (QED) is 0.505. The fourth-order valence-electron chi connectivity index (χ4n) is 3.51. The van der Waals surface area contributed by atoms with Crippen LogP contribution in [0.3, 0.4) is 0 Å². The van der Waals surface area contributed by atoms with Gasteiger partial charge >= 0.3 is 0 Å². The third kappa shape index (κ3) is 3.17. The predicted octanol–water partition coefficient (Wildman–Crippen LogP) is 3.31. The third-order valence-electron chi connectivity index (χ3n) is 4.92. The van der Waals surface area contributed by atoms with Crippen molar-refractivity contribution in [2.24, 2.45) is 0 Å². The lowest BCUT2D eigenvalue weighted by atomic mass is 10.0. The van der Waals surface area contributed by atoms with E-state index in [2.05, 4.69) is 48.1 Å². The molecule has 0 amide bonds. The van der Waals surface area contributed by atoms with Crippen LogP contribution >= 0.6 is 11.3 Å². The zero-order valence-electron chi connectivity index (χ0n) is 14.6. The van der Waals surface area contributed by atoms with Gasteiger partial charge in [0, 0.05) is 28.9 Å². The predicted molar refractivity (Wildman–Crippen MR) is 108 cm³/mol. The summed E-state index contributed by atoms with van der Waals surface area (Å²) in [7, 11) is 0. The van der Waals surface area contributed by atoms with E-state index in [0.717, 1.165) is 64.3 Å². The Morgan fingerprint density at radius 1 is 1.04 bits per heavy atom. The normalized spacial score (nSPS) is 15.3. The molecule has 5 rings (SSSR count). The lowest BCUT2D eigenvalue weighted by Gasteiger charge is -2.23. The van der Waals surface area contributed by atoms with E-state index in [-0.39, 0.29) is 0 Å². The number of nitrogens with one attached hydrogen (secondary N) is 3. The number of piperidine rings is 1. The maximum absolute atomic E-state index is 4.57. The van der Waals surface area contributed by atoms with Gasteiger partial charge < -0.3 is 10.6 Å². The first-order chi connectivity index (χ1) is 13.4. The second kappa shape index (κ2) is 7.05. The molecule has 0 atom stereocenters.